The first-order chi connectivity index (χ1) is 10.8. The lowest BCUT2D eigenvalue weighted by molar-refractivity contribution is 0.240. The van der Waals surface area contributed by atoms with Crippen molar-refractivity contribution in [3.8, 4) is 0 Å². The quantitative estimate of drug-likeness (QED) is 0.734. The van der Waals surface area contributed by atoms with Crippen molar-refractivity contribution in [2.45, 2.75) is 19.3 Å². The molecule has 0 bridgehead atoms. The Morgan fingerprint density at radius 1 is 1.09 bits per heavy atom. The maximum Gasteiger partial charge on any atom is 0.344 e. The van der Waals surface area contributed by atoms with Gasteiger partial charge in [0, 0.05) is 12.7 Å². The van der Waals surface area contributed by atoms with Gasteiger partial charge < -0.3 is 5.32 Å². The third kappa shape index (κ3) is 3.28. The number of rotatable bonds is 5. The highest BCUT2D eigenvalue weighted by atomic mass is 16.2. The van der Waals surface area contributed by atoms with E-state index in [1.54, 1.807) is 18.3 Å². The number of hydrogen-bond donors (Lipinski definition) is 1. The summed E-state index contributed by atoms with van der Waals surface area (Å²) < 4.78 is 1.25. The zero-order chi connectivity index (χ0) is 15.2. The van der Waals surface area contributed by atoms with Gasteiger partial charge in [-0.3, -0.25) is 0 Å². The maximum atomic E-state index is 12.1. The summed E-state index contributed by atoms with van der Waals surface area (Å²) in [4.78, 5) is 16.1. The molecule has 0 radical (unpaired) electrons. The molecule has 0 aliphatic carbocycles. The molecular weight excluding hydrogens is 278 g/mol. The van der Waals surface area contributed by atoms with E-state index in [4.69, 9.17) is 0 Å². The topological polar surface area (TPSA) is 72.7 Å². The standard InChI is InChI=1S/C16H17N5O/c22-16(21-14-10-6-12-17-15(14)19-20-21)18-11-5-4-9-13-7-2-1-3-8-13/h1-3,6-8,10,12H,4-5,9,11H2,(H,18,22). The molecule has 0 aliphatic rings. The Morgan fingerprint density at radius 3 is 2.82 bits per heavy atom. The van der Waals surface area contributed by atoms with Crippen molar-refractivity contribution in [1.82, 2.24) is 25.3 Å². The third-order valence-corrected chi connectivity index (χ3v) is 3.43. The second-order valence-corrected chi connectivity index (χ2v) is 5.02. The number of amides is 1. The van der Waals surface area contributed by atoms with Crippen LogP contribution in [0.3, 0.4) is 0 Å². The van der Waals surface area contributed by atoms with E-state index in [0.717, 1.165) is 19.3 Å². The van der Waals surface area contributed by atoms with Gasteiger partial charge in [0.2, 0.25) is 5.65 Å². The molecule has 0 saturated carbocycles. The van der Waals surface area contributed by atoms with Crippen LogP contribution in [0.4, 0.5) is 4.79 Å². The molecule has 22 heavy (non-hydrogen) atoms. The van der Waals surface area contributed by atoms with E-state index in [0.29, 0.717) is 17.7 Å². The van der Waals surface area contributed by atoms with Crippen LogP contribution < -0.4 is 5.32 Å². The number of unbranched alkanes of at least 4 members (excludes halogenated alkanes) is 1. The molecule has 3 rings (SSSR count). The Kier molecular flexibility index (Phi) is 4.38. The van der Waals surface area contributed by atoms with Crippen LogP contribution in [0.2, 0.25) is 0 Å². The molecule has 6 nitrogen and oxygen atoms in total. The van der Waals surface area contributed by atoms with Crippen LogP contribution in [0, 0.1) is 0 Å². The highest BCUT2D eigenvalue weighted by molar-refractivity contribution is 5.85. The van der Waals surface area contributed by atoms with Crippen molar-refractivity contribution in [1.29, 1.82) is 0 Å². The average Bonchev–Trinajstić information content (AvgIpc) is 2.99. The minimum absolute atomic E-state index is 0.268. The molecule has 0 unspecified atom stereocenters. The molecule has 1 N–H and O–H groups in total. The zero-order valence-corrected chi connectivity index (χ0v) is 12.1. The van der Waals surface area contributed by atoms with Crippen molar-refractivity contribution in [2.24, 2.45) is 0 Å². The number of aromatic nitrogens is 4. The molecule has 6 heteroatoms. The maximum absolute atomic E-state index is 12.1. The van der Waals surface area contributed by atoms with Gasteiger partial charge in [-0.25, -0.2) is 9.78 Å². The fourth-order valence-corrected chi connectivity index (χ4v) is 2.29. The number of pyridine rings is 1. The summed E-state index contributed by atoms with van der Waals surface area (Å²) in [7, 11) is 0. The normalized spacial score (nSPS) is 10.7. The molecule has 3 aromatic rings. The highest BCUT2D eigenvalue weighted by Crippen LogP contribution is 2.06. The summed E-state index contributed by atoms with van der Waals surface area (Å²) >= 11 is 0. The predicted molar refractivity (Wildman–Crippen MR) is 83.5 cm³/mol. The molecule has 1 aromatic carbocycles. The average molecular weight is 295 g/mol. The van der Waals surface area contributed by atoms with Gasteiger partial charge in [-0.05, 0) is 37.0 Å². The lowest BCUT2D eigenvalue weighted by Crippen LogP contribution is -2.30. The number of nitrogens with zero attached hydrogens (tertiary/aromatic N) is 4. The summed E-state index contributed by atoms with van der Waals surface area (Å²) in [5.74, 6) is 0. The number of hydrogen-bond acceptors (Lipinski definition) is 4. The van der Waals surface area contributed by atoms with E-state index in [-0.39, 0.29) is 6.03 Å². The predicted octanol–water partition coefficient (Wildman–Crippen LogP) is 2.41. The lowest BCUT2D eigenvalue weighted by Gasteiger charge is -2.05. The van der Waals surface area contributed by atoms with E-state index in [2.05, 4.69) is 32.7 Å². The number of carbonyl (C=O) groups excluding carboxylic acids is 1. The minimum atomic E-state index is -0.268. The van der Waals surface area contributed by atoms with E-state index >= 15 is 0 Å². The van der Waals surface area contributed by atoms with Gasteiger partial charge in [0.25, 0.3) is 0 Å². The second kappa shape index (κ2) is 6.80. The van der Waals surface area contributed by atoms with E-state index in [1.807, 2.05) is 18.2 Å². The van der Waals surface area contributed by atoms with Gasteiger partial charge in [0.15, 0.2) is 0 Å². The number of carbonyl (C=O) groups is 1. The van der Waals surface area contributed by atoms with Crippen LogP contribution in [-0.4, -0.2) is 32.6 Å². The second-order valence-electron chi connectivity index (χ2n) is 5.02. The van der Waals surface area contributed by atoms with Crippen LogP contribution in [0.25, 0.3) is 11.2 Å². The van der Waals surface area contributed by atoms with Gasteiger partial charge in [-0.15, -0.1) is 5.10 Å². The van der Waals surface area contributed by atoms with Gasteiger partial charge in [0.05, 0.1) is 0 Å². The van der Waals surface area contributed by atoms with Crippen LogP contribution in [0.5, 0.6) is 0 Å². The van der Waals surface area contributed by atoms with Gasteiger partial charge in [0.1, 0.15) is 5.52 Å². The van der Waals surface area contributed by atoms with Crippen molar-refractivity contribution in [3.05, 3.63) is 54.2 Å². The monoisotopic (exact) mass is 295 g/mol. The Balaban J connectivity index is 1.47. The smallest absolute Gasteiger partial charge is 0.336 e. The van der Waals surface area contributed by atoms with Gasteiger partial charge in [-0.1, -0.05) is 35.5 Å². The minimum Gasteiger partial charge on any atom is -0.336 e. The Morgan fingerprint density at radius 2 is 1.95 bits per heavy atom. The van der Waals surface area contributed by atoms with E-state index in [9.17, 15) is 4.79 Å². The number of fused-ring (bicyclic) bond motifs is 1. The van der Waals surface area contributed by atoms with E-state index in [1.165, 1.54) is 10.2 Å². The summed E-state index contributed by atoms with van der Waals surface area (Å²) in [6, 6.07) is 13.6. The molecule has 1 amide bonds. The summed E-state index contributed by atoms with van der Waals surface area (Å²) in [5.41, 5.74) is 2.41. The van der Waals surface area contributed by atoms with Gasteiger partial charge in [-0.2, -0.15) is 4.68 Å². The largest absolute Gasteiger partial charge is 0.344 e. The van der Waals surface area contributed by atoms with E-state index < -0.39 is 0 Å². The molecule has 112 valence electrons. The van der Waals surface area contributed by atoms with Crippen molar-refractivity contribution in [2.75, 3.05) is 6.54 Å². The van der Waals surface area contributed by atoms with Crippen molar-refractivity contribution >= 4 is 17.2 Å². The Bertz CT molecular complexity index is 753. The van der Waals surface area contributed by atoms with Crippen LogP contribution >= 0.6 is 0 Å². The van der Waals surface area contributed by atoms with Crippen molar-refractivity contribution in [3.63, 3.8) is 0 Å². The van der Waals surface area contributed by atoms with Crippen molar-refractivity contribution < 1.29 is 4.79 Å². The fourth-order valence-electron chi connectivity index (χ4n) is 2.29. The highest BCUT2D eigenvalue weighted by Gasteiger charge is 2.11. The van der Waals surface area contributed by atoms with Gasteiger partial charge >= 0.3 is 6.03 Å². The number of benzene rings is 1. The molecule has 0 atom stereocenters. The van der Waals surface area contributed by atoms with Crippen LogP contribution in [0.1, 0.15) is 18.4 Å². The molecule has 0 saturated heterocycles. The molecular formula is C16H17N5O. The molecule has 0 fully saturated rings. The molecule has 2 aromatic heterocycles. The SMILES string of the molecule is O=C(NCCCCc1ccccc1)n1nnc2ncccc21. The lowest BCUT2D eigenvalue weighted by atomic mass is 10.1. The molecule has 0 spiro atoms. The summed E-state index contributed by atoms with van der Waals surface area (Å²) in [6.07, 6.45) is 4.60. The molecule has 0 aliphatic heterocycles. The number of aryl methyl sites for hydroxylation is 1. The Labute approximate surface area is 128 Å². The van der Waals surface area contributed by atoms with Crippen LogP contribution in [-0.2, 0) is 6.42 Å². The first-order valence-electron chi connectivity index (χ1n) is 7.33. The summed E-state index contributed by atoms with van der Waals surface area (Å²) in [5, 5.41) is 10.6. The zero-order valence-electron chi connectivity index (χ0n) is 12.1. The fraction of sp³-hybridized carbons (Fsp3) is 0.250. The number of nitrogens with one attached hydrogen (secondary N) is 1. The van der Waals surface area contributed by atoms with Crippen LogP contribution in [0.15, 0.2) is 48.7 Å². The Hall–Kier alpha value is -2.76. The first-order valence-corrected chi connectivity index (χ1v) is 7.33. The molecule has 2 heterocycles. The first kappa shape index (κ1) is 14.2. The summed E-state index contributed by atoms with van der Waals surface area (Å²) in [6.45, 7) is 0.618. The third-order valence-electron chi connectivity index (χ3n) is 3.43.